The highest BCUT2D eigenvalue weighted by molar-refractivity contribution is 6.10. The predicted octanol–water partition coefficient (Wildman–Crippen LogP) is 11.0. The van der Waals surface area contributed by atoms with Crippen LogP contribution >= 0.6 is 0 Å². The van der Waals surface area contributed by atoms with Gasteiger partial charge in [-0.15, -0.1) is 0 Å². The van der Waals surface area contributed by atoms with E-state index in [1.165, 1.54) is 10.8 Å². The number of fused-ring (bicyclic) bond motifs is 6. The topological polar surface area (TPSA) is 57.4 Å². The average Bonchev–Trinajstić information content (AvgIpc) is 3.57. The Hall–Kier alpha value is -6.88. The molecule has 2 heterocycles. The van der Waals surface area contributed by atoms with Crippen molar-refractivity contribution in [2.75, 3.05) is 0 Å². The van der Waals surface area contributed by atoms with Crippen LogP contribution in [-0.2, 0) is 6.42 Å². The highest BCUT2D eigenvalue weighted by Gasteiger charge is 2.21. The van der Waals surface area contributed by atoms with Crippen LogP contribution in [0, 0.1) is 22.7 Å². The highest BCUT2D eigenvalue weighted by Crippen LogP contribution is 2.41. The van der Waals surface area contributed by atoms with Gasteiger partial charge >= 0.3 is 0 Å². The lowest BCUT2D eigenvalue weighted by Gasteiger charge is -2.18. The van der Waals surface area contributed by atoms with Crippen LogP contribution in [0.4, 0.5) is 0 Å². The van der Waals surface area contributed by atoms with Crippen LogP contribution in [0.25, 0.3) is 72.4 Å². The van der Waals surface area contributed by atoms with Gasteiger partial charge < -0.3 is 9.13 Å². The maximum Gasteiger partial charge on any atom is 0.0998 e. The van der Waals surface area contributed by atoms with Crippen molar-refractivity contribution in [1.29, 1.82) is 10.5 Å². The number of rotatable bonds is 4. The number of benzene rings is 6. The molecule has 0 spiro atoms. The van der Waals surface area contributed by atoms with E-state index in [1.54, 1.807) is 0 Å². The highest BCUT2D eigenvalue weighted by atomic mass is 15.0. The van der Waals surface area contributed by atoms with E-state index in [4.69, 9.17) is 0 Å². The quantitative estimate of drug-likeness (QED) is 0.196. The summed E-state index contributed by atoms with van der Waals surface area (Å²) in [6.07, 6.45) is 6.62. The maximum absolute atomic E-state index is 10.4. The second-order valence-corrected chi connectivity index (χ2v) is 12.3. The molecule has 0 aliphatic heterocycles. The lowest BCUT2D eigenvalue weighted by molar-refractivity contribution is 1.00. The Balaban J connectivity index is 1.22. The standard InChI is InChI=1S/C45H28N4/c46-28-30-20-26-38-36-13-1-5-16-40(36)48(44(38)27-21-30)33-24-22-31(23-25-33)45-32(29-47)10-9-15-39(45)37-14-4-8-19-43(37)49-41-17-6-2-11-34(41)35-12-3-7-18-42(35)49/h1-26H,27H2. The molecule has 0 atom stereocenters. The number of para-hydroxylation sites is 4. The summed E-state index contributed by atoms with van der Waals surface area (Å²) in [5, 5.41) is 23.6. The summed E-state index contributed by atoms with van der Waals surface area (Å²) in [7, 11) is 0. The first-order valence-electron chi connectivity index (χ1n) is 16.4. The van der Waals surface area contributed by atoms with Crippen LogP contribution in [0.5, 0.6) is 0 Å². The zero-order valence-corrected chi connectivity index (χ0v) is 26.5. The van der Waals surface area contributed by atoms with E-state index < -0.39 is 0 Å². The summed E-state index contributed by atoms with van der Waals surface area (Å²) in [4.78, 5) is 0. The number of hydrogen-bond donors (Lipinski definition) is 0. The van der Waals surface area contributed by atoms with Gasteiger partial charge in [-0.2, -0.15) is 10.5 Å². The first-order chi connectivity index (χ1) is 24.2. The Morgan fingerprint density at radius 3 is 1.82 bits per heavy atom. The molecular weight excluding hydrogens is 597 g/mol. The summed E-state index contributed by atoms with van der Waals surface area (Å²) in [6.45, 7) is 0. The van der Waals surface area contributed by atoms with Crippen molar-refractivity contribution in [1.82, 2.24) is 9.13 Å². The number of aromatic nitrogens is 2. The number of nitrogens with zero attached hydrogens (tertiary/aromatic N) is 4. The third kappa shape index (κ3) is 4.43. The molecule has 6 aromatic carbocycles. The largest absolute Gasteiger partial charge is 0.313 e. The Bertz CT molecular complexity index is 2700. The summed E-state index contributed by atoms with van der Waals surface area (Å²) in [5.74, 6) is 0. The second-order valence-electron chi connectivity index (χ2n) is 12.3. The van der Waals surface area contributed by atoms with E-state index in [2.05, 4.69) is 155 Å². The monoisotopic (exact) mass is 624 g/mol. The van der Waals surface area contributed by atoms with Crippen molar-refractivity contribution in [2.24, 2.45) is 0 Å². The molecule has 1 aliphatic carbocycles. The number of hydrogen-bond acceptors (Lipinski definition) is 2. The molecule has 0 fully saturated rings. The van der Waals surface area contributed by atoms with Gasteiger partial charge in [-0.25, -0.2) is 0 Å². The van der Waals surface area contributed by atoms with E-state index in [-0.39, 0.29) is 0 Å². The smallest absolute Gasteiger partial charge is 0.0998 e. The van der Waals surface area contributed by atoms with Crippen molar-refractivity contribution < 1.29 is 0 Å². The lowest BCUT2D eigenvalue weighted by Crippen LogP contribution is -2.01. The molecule has 2 aromatic heterocycles. The van der Waals surface area contributed by atoms with Crippen LogP contribution < -0.4 is 0 Å². The van der Waals surface area contributed by atoms with Crippen molar-refractivity contribution in [2.45, 2.75) is 6.42 Å². The van der Waals surface area contributed by atoms with Crippen molar-refractivity contribution in [3.05, 3.63) is 174 Å². The SMILES string of the molecule is N#CC1=CCc2c(c3ccccc3n2-c2ccc(-c3c(C#N)cccc3-c3ccccc3-n3c4ccccc4c4ccccc43)cc2)C=C1. The predicted molar refractivity (Wildman–Crippen MR) is 200 cm³/mol. The normalized spacial score (nSPS) is 12.4. The Kier molecular flexibility index (Phi) is 6.61. The molecule has 0 unspecified atom stereocenters. The zero-order valence-electron chi connectivity index (χ0n) is 26.5. The fourth-order valence-corrected chi connectivity index (χ4v) is 7.57. The first-order valence-corrected chi connectivity index (χ1v) is 16.4. The molecule has 1 aliphatic rings. The summed E-state index contributed by atoms with van der Waals surface area (Å²) >= 11 is 0. The minimum Gasteiger partial charge on any atom is -0.313 e. The van der Waals surface area contributed by atoms with Gasteiger partial charge in [-0.1, -0.05) is 109 Å². The fourth-order valence-electron chi connectivity index (χ4n) is 7.57. The van der Waals surface area contributed by atoms with Gasteiger partial charge in [0.25, 0.3) is 0 Å². The summed E-state index contributed by atoms with van der Waals surface area (Å²) in [5.41, 5.74) is 13.0. The minimum absolute atomic E-state index is 0.627. The number of allylic oxidation sites excluding steroid dienone is 3. The van der Waals surface area contributed by atoms with Crippen LogP contribution in [0.1, 0.15) is 16.8 Å². The van der Waals surface area contributed by atoms with Gasteiger partial charge in [0.1, 0.15) is 0 Å². The van der Waals surface area contributed by atoms with Crippen molar-refractivity contribution >= 4 is 38.8 Å². The third-order valence-electron chi connectivity index (χ3n) is 9.70. The molecule has 49 heavy (non-hydrogen) atoms. The molecule has 0 saturated carbocycles. The molecule has 4 heteroatoms. The van der Waals surface area contributed by atoms with Crippen molar-refractivity contribution in [3.8, 4) is 45.8 Å². The molecule has 0 N–H and O–H groups in total. The Morgan fingerprint density at radius 1 is 0.510 bits per heavy atom. The van der Waals surface area contributed by atoms with Crippen LogP contribution in [0.3, 0.4) is 0 Å². The molecular formula is C45H28N4. The van der Waals surface area contributed by atoms with E-state index in [0.717, 1.165) is 66.8 Å². The lowest BCUT2D eigenvalue weighted by atomic mass is 9.90. The van der Waals surface area contributed by atoms with Gasteiger partial charge in [0.2, 0.25) is 0 Å². The third-order valence-corrected chi connectivity index (χ3v) is 9.70. The van der Waals surface area contributed by atoms with Crippen LogP contribution in [0.15, 0.2) is 157 Å². The molecule has 0 bridgehead atoms. The van der Waals surface area contributed by atoms with Gasteiger partial charge in [0.05, 0.1) is 39.9 Å². The maximum atomic E-state index is 10.4. The molecule has 0 saturated heterocycles. The average molecular weight is 625 g/mol. The van der Waals surface area contributed by atoms with Gasteiger partial charge in [0, 0.05) is 56.2 Å². The molecule has 228 valence electrons. The fraction of sp³-hybridized carbons (Fsp3) is 0.0222. The van der Waals surface area contributed by atoms with Gasteiger partial charge in [0.15, 0.2) is 0 Å². The van der Waals surface area contributed by atoms with E-state index in [9.17, 15) is 10.5 Å². The summed E-state index contributed by atoms with van der Waals surface area (Å²) < 4.78 is 4.64. The van der Waals surface area contributed by atoms with Gasteiger partial charge in [-0.3, -0.25) is 0 Å². The van der Waals surface area contributed by atoms with E-state index in [0.29, 0.717) is 17.6 Å². The Morgan fingerprint density at radius 2 is 1.12 bits per heavy atom. The molecule has 4 nitrogen and oxygen atoms in total. The van der Waals surface area contributed by atoms with E-state index >= 15 is 0 Å². The van der Waals surface area contributed by atoms with Crippen LogP contribution in [-0.4, -0.2) is 9.13 Å². The number of nitriles is 2. The second kappa shape index (κ2) is 11.4. The Labute approximate surface area is 283 Å². The molecule has 9 rings (SSSR count). The first kappa shape index (κ1) is 28.4. The molecule has 0 radical (unpaired) electrons. The summed E-state index contributed by atoms with van der Waals surface area (Å²) in [6, 6.07) is 53.3. The van der Waals surface area contributed by atoms with Crippen molar-refractivity contribution in [3.63, 3.8) is 0 Å². The zero-order chi connectivity index (χ0) is 32.9. The molecule has 0 amide bonds. The molecule has 8 aromatic rings. The minimum atomic E-state index is 0.627. The van der Waals surface area contributed by atoms with Gasteiger partial charge in [-0.05, 0) is 59.7 Å². The van der Waals surface area contributed by atoms with E-state index in [1.807, 2.05) is 24.3 Å². The van der Waals surface area contributed by atoms with Crippen LogP contribution in [0.2, 0.25) is 0 Å².